The monoisotopic (exact) mass is 442 g/mol. The lowest BCUT2D eigenvalue weighted by molar-refractivity contribution is -0.274. The van der Waals surface area contributed by atoms with Crippen LogP contribution < -0.4 is 15.8 Å². The van der Waals surface area contributed by atoms with Gasteiger partial charge in [0.15, 0.2) is 17.0 Å². The van der Waals surface area contributed by atoms with Crippen LogP contribution in [-0.2, 0) is 17.8 Å². The number of imidazole rings is 1. The molecule has 2 heterocycles. The second-order valence-corrected chi connectivity index (χ2v) is 6.86. The third-order valence-electron chi connectivity index (χ3n) is 4.56. The van der Waals surface area contributed by atoms with Gasteiger partial charge in [-0.15, -0.1) is 13.2 Å². The molecule has 2 aromatic carbocycles. The highest BCUT2D eigenvalue weighted by Gasteiger charge is 2.31. The van der Waals surface area contributed by atoms with E-state index in [0.717, 1.165) is 11.3 Å². The molecule has 0 radical (unpaired) electrons. The molecule has 4 aromatic rings. The lowest BCUT2D eigenvalue weighted by Crippen LogP contribution is -2.24. The number of anilines is 1. The van der Waals surface area contributed by atoms with Crippen LogP contribution in [-0.4, -0.2) is 31.8 Å². The zero-order valence-electron chi connectivity index (χ0n) is 16.5. The van der Waals surface area contributed by atoms with Crippen molar-refractivity contribution in [1.82, 2.24) is 24.8 Å². The van der Waals surface area contributed by atoms with Gasteiger partial charge in [0.05, 0.1) is 6.42 Å². The number of hydrogen-bond acceptors (Lipinski definition) is 6. The van der Waals surface area contributed by atoms with Gasteiger partial charge in [-0.05, 0) is 35.4 Å². The maximum absolute atomic E-state index is 12.3. The van der Waals surface area contributed by atoms with Crippen molar-refractivity contribution in [3.63, 3.8) is 0 Å². The number of ether oxygens (including phenoxy) is 1. The number of carbonyl (C=O) groups is 1. The molecular formula is C21H17F3N6O2. The Kier molecular flexibility index (Phi) is 5.63. The number of rotatable bonds is 6. The van der Waals surface area contributed by atoms with E-state index in [-0.39, 0.29) is 24.6 Å². The van der Waals surface area contributed by atoms with Crippen LogP contribution in [0.5, 0.6) is 5.75 Å². The second kappa shape index (κ2) is 8.53. The number of carbonyl (C=O) groups excluding carboxylic acids is 1. The summed E-state index contributed by atoms with van der Waals surface area (Å²) in [5.74, 6) is -0.396. The van der Waals surface area contributed by atoms with Gasteiger partial charge >= 0.3 is 6.36 Å². The van der Waals surface area contributed by atoms with Crippen LogP contribution in [0.25, 0.3) is 16.9 Å². The van der Waals surface area contributed by atoms with Gasteiger partial charge in [-0.2, -0.15) is 0 Å². The molecule has 11 heteroatoms. The van der Waals surface area contributed by atoms with Crippen molar-refractivity contribution < 1.29 is 22.7 Å². The third kappa shape index (κ3) is 4.94. The fourth-order valence-corrected chi connectivity index (χ4v) is 3.12. The number of nitrogens with zero attached hydrogens (tertiary/aromatic N) is 4. The zero-order chi connectivity index (χ0) is 22.7. The Balaban J connectivity index is 1.37. The SMILES string of the molecule is Nc1ncnc2c1ncn2-c1ccc(CNC(=O)Cc2cccc(OC(F)(F)F)c2)cc1. The van der Waals surface area contributed by atoms with Gasteiger partial charge in [-0.3, -0.25) is 9.36 Å². The molecule has 2 aromatic heterocycles. The number of benzene rings is 2. The molecule has 0 unspecified atom stereocenters. The van der Waals surface area contributed by atoms with E-state index >= 15 is 0 Å². The van der Waals surface area contributed by atoms with Gasteiger partial charge in [0, 0.05) is 12.2 Å². The normalized spacial score (nSPS) is 11.5. The van der Waals surface area contributed by atoms with Gasteiger partial charge in [0.1, 0.15) is 18.4 Å². The highest BCUT2D eigenvalue weighted by atomic mass is 19.4. The smallest absolute Gasteiger partial charge is 0.406 e. The molecule has 4 rings (SSSR count). The predicted molar refractivity (Wildman–Crippen MR) is 110 cm³/mol. The van der Waals surface area contributed by atoms with E-state index in [9.17, 15) is 18.0 Å². The van der Waals surface area contributed by atoms with E-state index in [1.165, 1.54) is 24.5 Å². The van der Waals surface area contributed by atoms with Gasteiger partial charge in [-0.25, -0.2) is 15.0 Å². The van der Waals surface area contributed by atoms with Crippen LogP contribution in [0.2, 0.25) is 0 Å². The summed E-state index contributed by atoms with van der Waals surface area (Å²) >= 11 is 0. The lowest BCUT2D eigenvalue weighted by atomic mass is 10.1. The Morgan fingerprint density at radius 3 is 2.59 bits per heavy atom. The number of aromatic nitrogens is 4. The molecule has 164 valence electrons. The molecule has 0 saturated carbocycles. The molecule has 0 aliphatic heterocycles. The summed E-state index contributed by atoms with van der Waals surface area (Å²) in [6.07, 6.45) is -1.89. The van der Waals surface area contributed by atoms with E-state index in [0.29, 0.717) is 22.5 Å². The van der Waals surface area contributed by atoms with Crippen molar-refractivity contribution in [2.75, 3.05) is 5.73 Å². The maximum atomic E-state index is 12.3. The molecule has 0 fully saturated rings. The fraction of sp³-hybridized carbons (Fsp3) is 0.143. The minimum atomic E-state index is -4.78. The standard InChI is InChI=1S/C21H17F3N6O2/c22-21(23,24)32-16-3-1-2-14(8-16)9-17(31)26-10-13-4-6-15(7-5-13)30-12-29-18-19(25)27-11-28-20(18)30/h1-8,11-12H,9-10H2,(H,26,31)(H2,25,27,28). The van der Waals surface area contributed by atoms with E-state index in [4.69, 9.17) is 5.73 Å². The van der Waals surface area contributed by atoms with Gasteiger partial charge in [-0.1, -0.05) is 24.3 Å². The molecule has 32 heavy (non-hydrogen) atoms. The summed E-state index contributed by atoms with van der Waals surface area (Å²) in [6.45, 7) is 0.262. The van der Waals surface area contributed by atoms with Crippen LogP contribution in [0.4, 0.5) is 19.0 Å². The van der Waals surface area contributed by atoms with E-state index in [2.05, 4.69) is 25.0 Å². The molecule has 0 atom stereocenters. The molecule has 8 nitrogen and oxygen atoms in total. The minimum absolute atomic E-state index is 0.0741. The molecule has 1 amide bonds. The van der Waals surface area contributed by atoms with Gasteiger partial charge in [0.25, 0.3) is 0 Å². The third-order valence-corrected chi connectivity index (χ3v) is 4.56. The predicted octanol–water partition coefficient (Wildman–Crippen LogP) is 3.16. The Morgan fingerprint density at radius 2 is 1.84 bits per heavy atom. The molecule has 0 saturated heterocycles. The Morgan fingerprint density at radius 1 is 1.06 bits per heavy atom. The Hall–Kier alpha value is -4.15. The van der Waals surface area contributed by atoms with Crippen molar-refractivity contribution in [2.24, 2.45) is 0 Å². The number of nitrogens with two attached hydrogens (primary N) is 1. The van der Waals surface area contributed by atoms with Gasteiger partial charge in [0.2, 0.25) is 5.91 Å². The van der Waals surface area contributed by atoms with Crippen LogP contribution in [0.3, 0.4) is 0 Å². The Bertz CT molecular complexity index is 1250. The van der Waals surface area contributed by atoms with Crippen molar-refractivity contribution in [3.8, 4) is 11.4 Å². The zero-order valence-corrected chi connectivity index (χ0v) is 16.5. The topological polar surface area (TPSA) is 108 Å². The van der Waals surface area contributed by atoms with E-state index in [1.54, 1.807) is 17.0 Å². The first kappa shape index (κ1) is 21.1. The lowest BCUT2D eigenvalue weighted by Gasteiger charge is -2.10. The number of amides is 1. The van der Waals surface area contributed by atoms with Crippen LogP contribution in [0.1, 0.15) is 11.1 Å². The minimum Gasteiger partial charge on any atom is -0.406 e. The number of halogens is 3. The molecule has 0 aliphatic rings. The van der Waals surface area contributed by atoms with Crippen molar-refractivity contribution in [1.29, 1.82) is 0 Å². The molecule has 3 N–H and O–H groups in total. The summed E-state index contributed by atoms with van der Waals surface area (Å²) in [4.78, 5) is 24.5. The summed E-state index contributed by atoms with van der Waals surface area (Å²) in [5, 5.41) is 2.75. The van der Waals surface area contributed by atoms with E-state index in [1.807, 2.05) is 24.3 Å². The number of fused-ring (bicyclic) bond motifs is 1. The fourth-order valence-electron chi connectivity index (χ4n) is 3.12. The maximum Gasteiger partial charge on any atom is 0.573 e. The Labute approximate surface area is 179 Å². The van der Waals surface area contributed by atoms with Gasteiger partial charge < -0.3 is 15.8 Å². The first-order valence-corrected chi connectivity index (χ1v) is 9.43. The number of nitrogen functional groups attached to an aromatic ring is 1. The summed E-state index contributed by atoms with van der Waals surface area (Å²) < 4.78 is 42.7. The van der Waals surface area contributed by atoms with Crippen LogP contribution >= 0.6 is 0 Å². The van der Waals surface area contributed by atoms with Crippen LogP contribution in [0, 0.1) is 0 Å². The average Bonchev–Trinajstić information content (AvgIpc) is 3.17. The number of nitrogens with one attached hydrogen (secondary N) is 1. The summed E-state index contributed by atoms with van der Waals surface area (Å²) in [6, 6.07) is 12.7. The summed E-state index contributed by atoms with van der Waals surface area (Å²) in [5.41, 5.74) is 8.95. The molecule has 0 bridgehead atoms. The average molecular weight is 442 g/mol. The molecule has 0 aliphatic carbocycles. The quantitative estimate of drug-likeness (QED) is 0.475. The van der Waals surface area contributed by atoms with E-state index < -0.39 is 6.36 Å². The van der Waals surface area contributed by atoms with Crippen molar-refractivity contribution in [3.05, 3.63) is 72.3 Å². The second-order valence-electron chi connectivity index (χ2n) is 6.86. The number of alkyl halides is 3. The molecule has 0 spiro atoms. The summed E-state index contributed by atoms with van der Waals surface area (Å²) in [7, 11) is 0. The highest BCUT2D eigenvalue weighted by Crippen LogP contribution is 2.23. The van der Waals surface area contributed by atoms with Crippen LogP contribution in [0.15, 0.2) is 61.2 Å². The first-order valence-electron chi connectivity index (χ1n) is 9.43. The molecular weight excluding hydrogens is 425 g/mol. The van der Waals surface area contributed by atoms with Crippen molar-refractivity contribution >= 4 is 22.9 Å². The number of hydrogen-bond donors (Lipinski definition) is 2. The largest absolute Gasteiger partial charge is 0.573 e. The highest BCUT2D eigenvalue weighted by molar-refractivity contribution is 5.82. The van der Waals surface area contributed by atoms with Crippen molar-refractivity contribution in [2.45, 2.75) is 19.3 Å². The first-order chi connectivity index (χ1) is 15.3.